The Kier molecular flexibility index (Phi) is 18.4. The number of thioether (sulfide) groups is 3. The number of nitrogens with zero attached hydrogens (tertiary/aromatic N) is 1. The number of nitrogens with one attached hydrogen (secondary N) is 3. The molecule has 1 unspecified atom stereocenters. The first-order valence-electron chi connectivity index (χ1n) is 22.1. The molecule has 5 N–H and O–H groups in total. The molecule has 4 atom stereocenters. The van der Waals surface area contributed by atoms with Gasteiger partial charge >= 0.3 is 12.1 Å². The molecule has 0 saturated carbocycles. The Morgan fingerprint density at radius 3 is 1.83 bits per heavy atom. The molecule has 12 nitrogen and oxygen atoms in total. The number of Topliss-reactive ketones (excluding diaryl/α,β-unsaturated/α-hetero) is 1. The zero-order valence-corrected chi connectivity index (χ0v) is 41.7. The Bertz CT molecular complexity index is 2160. The number of ketones is 1. The minimum Gasteiger partial charge on any atom is -0.467 e. The van der Waals surface area contributed by atoms with Crippen molar-refractivity contribution in [3.05, 3.63) is 143 Å². The average Bonchev–Trinajstić information content (AvgIpc) is 3.30. The number of fused-ring (bicyclic) bond motifs is 1. The fraction of sp³-hybridized carbons (Fsp3) is 0.431. The van der Waals surface area contributed by atoms with E-state index in [9.17, 15) is 14.4 Å². The second kappa shape index (κ2) is 23.3. The Morgan fingerprint density at radius 2 is 1.33 bits per heavy atom. The molecule has 1 aliphatic heterocycles. The molecule has 5 rings (SSSR count). The number of carbonyl (C=O) groups excluding carboxylic acids is 5. The molecule has 15 heteroatoms. The molecular formula is C51H65N5O7S3. The molecular weight excluding hydrogens is 891 g/mol. The highest BCUT2D eigenvalue weighted by atomic mass is 32.2. The lowest BCUT2D eigenvalue weighted by Gasteiger charge is -2.46. The third kappa shape index (κ3) is 12.6. The van der Waals surface area contributed by atoms with Crippen molar-refractivity contribution in [2.24, 2.45) is 5.73 Å². The third-order valence-corrected chi connectivity index (χ3v) is 15.3. The molecule has 354 valence electrons. The summed E-state index contributed by atoms with van der Waals surface area (Å²) in [4.78, 5) is 73.5. The van der Waals surface area contributed by atoms with Crippen molar-refractivity contribution in [2.75, 3.05) is 37.3 Å². The number of methoxy groups -OCH3 is 1. The van der Waals surface area contributed by atoms with Crippen molar-refractivity contribution in [1.82, 2.24) is 20.9 Å². The summed E-state index contributed by atoms with van der Waals surface area (Å²) >= 11 is 4.21. The van der Waals surface area contributed by atoms with Gasteiger partial charge in [0.1, 0.15) is 5.60 Å². The quantitative estimate of drug-likeness (QED) is 0.0285. The Morgan fingerprint density at radius 1 is 0.803 bits per heavy atom. The summed E-state index contributed by atoms with van der Waals surface area (Å²) in [5, 5.41) is 9.23. The van der Waals surface area contributed by atoms with Crippen LogP contribution in [0.25, 0.3) is 0 Å². The zero-order valence-electron chi connectivity index (χ0n) is 39.3. The molecule has 0 radical (unpaired) electrons. The van der Waals surface area contributed by atoms with E-state index >= 15 is 9.59 Å². The smallest absolute Gasteiger partial charge is 0.407 e. The van der Waals surface area contributed by atoms with E-state index in [1.165, 1.54) is 42.5 Å². The van der Waals surface area contributed by atoms with Gasteiger partial charge in [0, 0.05) is 30.5 Å². The molecule has 0 saturated heterocycles. The normalized spacial score (nSPS) is 15.8. The minimum absolute atomic E-state index is 0.136. The van der Waals surface area contributed by atoms with Gasteiger partial charge in [0.05, 0.1) is 35.9 Å². The fourth-order valence-corrected chi connectivity index (χ4v) is 11.2. The summed E-state index contributed by atoms with van der Waals surface area (Å²) in [6, 6.07) is 35.0. The van der Waals surface area contributed by atoms with Gasteiger partial charge < -0.3 is 36.1 Å². The van der Waals surface area contributed by atoms with Gasteiger partial charge in [0.25, 0.3) is 0 Å². The van der Waals surface area contributed by atoms with E-state index in [1.54, 1.807) is 46.4 Å². The summed E-state index contributed by atoms with van der Waals surface area (Å²) in [6.07, 6.45) is 1.26. The highest BCUT2D eigenvalue weighted by Gasteiger charge is 2.58. The largest absolute Gasteiger partial charge is 0.467 e. The van der Waals surface area contributed by atoms with E-state index in [4.69, 9.17) is 15.2 Å². The molecule has 0 aromatic heterocycles. The van der Waals surface area contributed by atoms with Crippen LogP contribution in [0.1, 0.15) is 75.8 Å². The molecule has 0 fully saturated rings. The Labute approximate surface area is 403 Å². The van der Waals surface area contributed by atoms with Gasteiger partial charge in [-0.05, 0) is 87.3 Å². The van der Waals surface area contributed by atoms with Crippen molar-refractivity contribution >= 4 is 64.9 Å². The average molecular weight is 956 g/mol. The molecule has 4 aromatic carbocycles. The topological polar surface area (TPSA) is 169 Å². The Balaban J connectivity index is 1.72. The summed E-state index contributed by atoms with van der Waals surface area (Å²) in [5.41, 5.74) is 8.77. The highest BCUT2D eigenvalue weighted by Crippen LogP contribution is 2.49. The van der Waals surface area contributed by atoms with Crippen LogP contribution in [0.3, 0.4) is 0 Å². The number of ether oxygens (including phenoxy) is 2. The van der Waals surface area contributed by atoms with Crippen LogP contribution in [0, 0.1) is 0 Å². The first-order chi connectivity index (χ1) is 31.4. The number of amides is 3. The fourth-order valence-electron chi connectivity index (χ4n) is 8.19. The van der Waals surface area contributed by atoms with Crippen molar-refractivity contribution < 1.29 is 33.4 Å². The predicted octanol–water partition coefficient (Wildman–Crippen LogP) is 7.31. The number of hydrogen-bond acceptors (Lipinski definition) is 12. The van der Waals surface area contributed by atoms with E-state index in [1.807, 2.05) is 85.1 Å². The monoisotopic (exact) mass is 955 g/mol. The van der Waals surface area contributed by atoms with Crippen molar-refractivity contribution in [3.63, 3.8) is 0 Å². The summed E-state index contributed by atoms with van der Waals surface area (Å²) in [5.74, 6) is -1.85. The molecule has 3 amide bonds. The van der Waals surface area contributed by atoms with Crippen molar-refractivity contribution in [3.8, 4) is 0 Å². The van der Waals surface area contributed by atoms with Crippen LogP contribution in [-0.4, -0.2) is 106 Å². The number of esters is 1. The Hall–Kier alpha value is -4.80. The number of carbonyl (C=O) groups is 5. The van der Waals surface area contributed by atoms with Crippen molar-refractivity contribution in [1.29, 1.82) is 0 Å². The minimum atomic E-state index is -2.26. The number of hydrogen-bond donors (Lipinski definition) is 4. The lowest BCUT2D eigenvalue weighted by Crippen LogP contribution is -2.72. The summed E-state index contributed by atoms with van der Waals surface area (Å²) in [7, 11) is 1.20. The maximum absolute atomic E-state index is 15.7. The van der Waals surface area contributed by atoms with Gasteiger partial charge in [-0.1, -0.05) is 115 Å². The summed E-state index contributed by atoms with van der Waals surface area (Å²) < 4.78 is 9.56. The van der Waals surface area contributed by atoms with Crippen LogP contribution in [0.5, 0.6) is 0 Å². The van der Waals surface area contributed by atoms with E-state index < -0.39 is 62.5 Å². The van der Waals surface area contributed by atoms with Gasteiger partial charge in [0.15, 0.2) is 5.78 Å². The maximum Gasteiger partial charge on any atom is 0.407 e. The van der Waals surface area contributed by atoms with Gasteiger partial charge in [-0.15, -0.1) is 23.5 Å². The molecule has 1 aliphatic rings. The SMILES string of the molecule is COC(=O)C(CCSC)(C(=O)[C@@H](N)C(C)(C)SCNC(C)=O)N(C[C@H](CSC(c1ccccc1)(c1ccccc1)c1ccccc1)NC(=O)OC(C)(C)C)C(=O)[C@@H]1Cc2ccccc2CN1. The first kappa shape index (κ1) is 52.2. The van der Waals surface area contributed by atoms with E-state index in [2.05, 4.69) is 52.3 Å². The van der Waals surface area contributed by atoms with Crippen LogP contribution < -0.4 is 21.7 Å². The highest BCUT2D eigenvalue weighted by molar-refractivity contribution is 8.01. The summed E-state index contributed by atoms with van der Waals surface area (Å²) in [6.45, 7) is 10.3. The number of nitrogens with two attached hydrogens (primary N) is 1. The van der Waals surface area contributed by atoms with E-state index in [-0.39, 0.29) is 42.7 Å². The molecule has 1 heterocycles. The van der Waals surface area contributed by atoms with Crippen LogP contribution in [-0.2, 0) is 46.4 Å². The standard InChI is InChI=1S/C51H65N5O7S3/c1-35(57)54-34-66-49(5,6)43(52)44(58)50(28-29-64-8,46(60)62-7)56(45(59)42-30-36-20-18-19-21-37(36)31-53-42)32-41(55-47(61)63-48(2,3)4)33-65-51(38-22-12-9-13-23-38,39-24-14-10-15-25-39)40-26-16-11-17-27-40/h9-27,41-43,53H,28-34,52H2,1-8H3,(H,54,57)(H,55,61)/t41-,42+,43-,50?/m1/s1. The predicted molar refractivity (Wildman–Crippen MR) is 268 cm³/mol. The van der Waals surface area contributed by atoms with Crippen LogP contribution in [0.15, 0.2) is 115 Å². The lowest BCUT2D eigenvalue weighted by molar-refractivity contribution is -0.169. The number of benzene rings is 4. The zero-order chi connectivity index (χ0) is 48.1. The van der Waals surface area contributed by atoms with Gasteiger partial charge in [0.2, 0.25) is 17.4 Å². The number of alkyl carbamates (subject to hydrolysis) is 1. The van der Waals surface area contributed by atoms with E-state index in [0.29, 0.717) is 6.54 Å². The van der Waals surface area contributed by atoms with E-state index in [0.717, 1.165) is 27.8 Å². The molecule has 0 aliphatic carbocycles. The molecule has 66 heavy (non-hydrogen) atoms. The van der Waals surface area contributed by atoms with Gasteiger partial charge in [-0.3, -0.25) is 14.4 Å². The second-order valence-electron chi connectivity index (χ2n) is 17.9. The third-order valence-electron chi connectivity index (χ3n) is 11.7. The van der Waals surface area contributed by atoms with Crippen LogP contribution in [0.2, 0.25) is 0 Å². The van der Waals surface area contributed by atoms with Gasteiger partial charge in [-0.2, -0.15) is 11.8 Å². The molecule has 0 spiro atoms. The second-order valence-corrected chi connectivity index (χ2v) is 21.7. The van der Waals surface area contributed by atoms with Crippen molar-refractivity contribution in [2.45, 2.75) is 99.7 Å². The maximum atomic E-state index is 15.7. The van der Waals surface area contributed by atoms with Crippen LogP contribution >= 0.6 is 35.3 Å². The number of rotatable bonds is 21. The first-order valence-corrected chi connectivity index (χ1v) is 25.4. The molecule has 4 aromatic rings. The molecule has 0 bridgehead atoms. The lowest BCUT2D eigenvalue weighted by atomic mass is 9.80. The van der Waals surface area contributed by atoms with Crippen LogP contribution in [0.4, 0.5) is 4.79 Å². The van der Waals surface area contributed by atoms with Gasteiger partial charge in [-0.25, -0.2) is 9.59 Å².